The second-order valence-electron chi connectivity index (χ2n) is 5.64. The summed E-state index contributed by atoms with van der Waals surface area (Å²) >= 11 is 0. The minimum Gasteiger partial charge on any atom is -0.322 e. The molecule has 1 amide bonds. The Morgan fingerprint density at radius 1 is 1.17 bits per heavy atom. The second-order valence-corrected chi connectivity index (χ2v) is 7.25. The number of nitrogens with one attached hydrogen (secondary N) is 1. The van der Waals surface area contributed by atoms with Gasteiger partial charge in [-0.05, 0) is 48.2 Å². The standard InChI is InChI=1S/C18H20N2O3S/c1-13-6-3-4-9-17(13)14(2)10-18(21)20-16-8-5-7-15(11-16)12-24(19,22)23/h3-11H,12H2,1-2H3,(H,20,21)(H2,19,22,23)/b14-10+. The van der Waals surface area contributed by atoms with Gasteiger partial charge in [0, 0.05) is 11.8 Å². The monoisotopic (exact) mass is 344 g/mol. The number of sulfonamides is 1. The third-order valence-electron chi connectivity index (χ3n) is 3.48. The molecule has 0 atom stereocenters. The highest BCUT2D eigenvalue weighted by Crippen LogP contribution is 2.18. The Morgan fingerprint density at radius 3 is 2.54 bits per heavy atom. The van der Waals surface area contributed by atoms with Crippen LogP contribution in [0.2, 0.25) is 0 Å². The number of carbonyl (C=O) groups is 1. The molecule has 0 aromatic heterocycles. The zero-order chi connectivity index (χ0) is 17.7. The fourth-order valence-corrected chi connectivity index (χ4v) is 3.08. The third kappa shape index (κ3) is 5.33. The molecule has 5 nitrogen and oxygen atoms in total. The van der Waals surface area contributed by atoms with Gasteiger partial charge in [-0.25, -0.2) is 13.6 Å². The van der Waals surface area contributed by atoms with E-state index in [1.54, 1.807) is 24.3 Å². The molecule has 6 heteroatoms. The van der Waals surface area contributed by atoms with E-state index in [1.807, 2.05) is 38.1 Å². The van der Waals surface area contributed by atoms with Crippen LogP contribution in [0, 0.1) is 6.92 Å². The van der Waals surface area contributed by atoms with Gasteiger partial charge in [-0.2, -0.15) is 0 Å². The highest BCUT2D eigenvalue weighted by molar-refractivity contribution is 7.88. The molecule has 126 valence electrons. The number of primary sulfonamides is 1. The normalized spacial score (nSPS) is 12.0. The Bertz CT molecular complexity index is 887. The first-order valence-corrected chi connectivity index (χ1v) is 9.11. The number of benzene rings is 2. The molecule has 0 fully saturated rings. The van der Waals surface area contributed by atoms with Gasteiger partial charge in [0.1, 0.15) is 0 Å². The van der Waals surface area contributed by atoms with Crippen LogP contribution >= 0.6 is 0 Å². The van der Waals surface area contributed by atoms with Crippen molar-refractivity contribution in [1.82, 2.24) is 0 Å². The largest absolute Gasteiger partial charge is 0.322 e. The first-order valence-electron chi connectivity index (χ1n) is 7.39. The maximum absolute atomic E-state index is 12.2. The molecule has 3 N–H and O–H groups in total. The van der Waals surface area contributed by atoms with E-state index in [4.69, 9.17) is 5.14 Å². The number of aryl methyl sites for hydroxylation is 1. The van der Waals surface area contributed by atoms with Gasteiger partial charge in [-0.1, -0.05) is 36.4 Å². The van der Waals surface area contributed by atoms with Gasteiger partial charge in [-0.15, -0.1) is 0 Å². The van der Waals surface area contributed by atoms with Gasteiger partial charge in [0.15, 0.2) is 0 Å². The Kier molecular flexibility index (Phi) is 5.54. The van der Waals surface area contributed by atoms with Crippen molar-refractivity contribution in [3.05, 3.63) is 71.3 Å². The number of rotatable bonds is 5. The van der Waals surface area contributed by atoms with Crippen LogP contribution in [0.25, 0.3) is 5.57 Å². The molecule has 0 spiro atoms. The molecule has 0 saturated heterocycles. The summed E-state index contributed by atoms with van der Waals surface area (Å²) in [7, 11) is -3.61. The summed E-state index contributed by atoms with van der Waals surface area (Å²) in [5.74, 6) is -0.544. The number of carbonyl (C=O) groups excluding carboxylic acids is 1. The van der Waals surface area contributed by atoms with Crippen molar-refractivity contribution in [2.24, 2.45) is 5.14 Å². The Hall–Kier alpha value is -2.44. The maximum Gasteiger partial charge on any atom is 0.248 e. The molecule has 0 heterocycles. The van der Waals surface area contributed by atoms with Crippen LogP contribution in [0.4, 0.5) is 5.69 Å². The van der Waals surface area contributed by atoms with Crippen LogP contribution < -0.4 is 10.5 Å². The lowest BCUT2D eigenvalue weighted by Crippen LogP contribution is -2.15. The second kappa shape index (κ2) is 7.42. The van der Waals surface area contributed by atoms with Crippen LogP contribution in [0.5, 0.6) is 0 Å². The number of hydrogen-bond donors (Lipinski definition) is 2. The molecule has 0 aliphatic rings. The van der Waals surface area contributed by atoms with Gasteiger partial charge < -0.3 is 5.32 Å². The molecular weight excluding hydrogens is 324 g/mol. The highest BCUT2D eigenvalue weighted by Gasteiger charge is 2.07. The van der Waals surface area contributed by atoms with Gasteiger partial charge in [0.05, 0.1) is 5.75 Å². The highest BCUT2D eigenvalue weighted by atomic mass is 32.2. The number of amides is 1. The van der Waals surface area contributed by atoms with Crippen molar-refractivity contribution in [3.63, 3.8) is 0 Å². The minimum atomic E-state index is -3.61. The molecule has 2 aromatic rings. The zero-order valence-corrected chi connectivity index (χ0v) is 14.4. The van der Waals surface area contributed by atoms with E-state index in [0.29, 0.717) is 11.3 Å². The number of nitrogens with two attached hydrogens (primary N) is 1. The van der Waals surface area contributed by atoms with E-state index in [-0.39, 0.29) is 11.7 Å². The summed E-state index contributed by atoms with van der Waals surface area (Å²) in [5.41, 5.74) is 4.00. The van der Waals surface area contributed by atoms with Crippen molar-refractivity contribution in [2.45, 2.75) is 19.6 Å². The molecule has 0 aliphatic carbocycles. The quantitative estimate of drug-likeness (QED) is 0.817. The SMILES string of the molecule is C/C(=C\C(=O)Nc1cccc(CS(N)(=O)=O)c1)c1ccccc1C. The smallest absolute Gasteiger partial charge is 0.248 e. The first-order chi connectivity index (χ1) is 11.2. The third-order valence-corrected chi connectivity index (χ3v) is 4.22. The number of allylic oxidation sites excluding steroid dienone is 1. The lowest BCUT2D eigenvalue weighted by atomic mass is 10.0. The van der Waals surface area contributed by atoms with E-state index in [2.05, 4.69) is 5.32 Å². The fourth-order valence-electron chi connectivity index (χ4n) is 2.44. The van der Waals surface area contributed by atoms with Crippen LogP contribution in [-0.4, -0.2) is 14.3 Å². The van der Waals surface area contributed by atoms with E-state index < -0.39 is 10.0 Å². The maximum atomic E-state index is 12.2. The summed E-state index contributed by atoms with van der Waals surface area (Å²) in [6.45, 7) is 3.86. The van der Waals surface area contributed by atoms with Crippen LogP contribution in [0.15, 0.2) is 54.6 Å². The van der Waals surface area contributed by atoms with E-state index in [9.17, 15) is 13.2 Å². The molecular formula is C18H20N2O3S. The molecule has 0 saturated carbocycles. The fraction of sp³-hybridized carbons (Fsp3) is 0.167. The predicted molar refractivity (Wildman–Crippen MR) is 96.7 cm³/mol. The van der Waals surface area contributed by atoms with E-state index in [0.717, 1.165) is 16.7 Å². The predicted octanol–water partition coefficient (Wildman–Crippen LogP) is 2.83. The minimum absolute atomic E-state index is 0.269. The van der Waals surface area contributed by atoms with Crippen molar-refractivity contribution >= 4 is 27.2 Å². The molecule has 2 aromatic carbocycles. The summed E-state index contributed by atoms with van der Waals surface area (Å²) in [6.07, 6.45) is 1.52. The van der Waals surface area contributed by atoms with Crippen molar-refractivity contribution < 1.29 is 13.2 Å². The topological polar surface area (TPSA) is 89.3 Å². The molecule has 24 heavy (non-hydrogen) atoms. The molecule has 0 aliphatic heterocycles. The summed E-state index contributed by atoms with van der Waals surface area (Å²) in [5, 5.41) is 7.78. The van der Waals surface area contributed by atoms with E-state index >= 15 is 0 Å². The average molecular weight is 344 g/mol. The number of anilines is 1. The number of hydrogen-bond acceptors (Lipinski definition) is 3. The van der Waals surface area contributed by atoms with Crippen molar-refractivity contribution in [3.8, 4) is 0 Å². The van der Waals surface area contributed by atoms with Crippen LogP contribution in [0.3, 0.4) is 0 Å². The lowest BCUT2D eigenvalue weighted by molar-refractivity contribution is -0.111. The summed E-state index contributed by atoms with van der Waals surface area (Å²) in [4.78, 5) is 12.2. The Morgan fingerprint density at radius 2 is 1.88 bits per heavy atom. The van der Waals surface area contributed by atoms with Gasteiger partial charge in [0.25, 0.3) is 0 Å². The van der Waals surface area contributed by atoms with Gasteiger partial charge >= 0.3 is 0 Å². The zero-order valence-electron chi connectivity index (χ0n) is 13.6. The first kappa shape index (κ1) is 17.9. The summed E-state index contributed by atoms with van der Waals surface area (Å²) in [6, 6.07) is 14.4. The summed E-state index contributed by atoms with van der Waals surface area (Å²) < 4.78 is 22.3. The molecule has 2 rings (SSSR count). The Balaban J connectivity index is 2.14. The van der Waals surface area contributed by atoms with Crippen LogP contribution in [0.1, 0.15) is 23.6 Å². The average Bonchev–Trinajstić information content (AvgIpc) is 2.45. The molecule has 0 radical (unpaired) electrons. The van der Waals surface area contributed by atoms with Crippen molar-refractivity contribution in [1.29, 1.82) is 0 Å². The van der Waals surface area contributed by atoms with E-state index in [1.165, 1.54) is 6.08 Å². The van der Waals surface area contributed by atoms with Crippen molar-refractivity contribution in [2.75, 3.05) is 5.32 Å². The lowest BCUT2D eigenvalue weighted by Gasteiger charge is -2.08. The van der Waals surface area contributed by atoms with Gasteiger partial charge in [-0.3, -0.25) is 4.79 Å². The Labute approximate surface area is 142 Å². The van der Waals surface area contributed by atoms with Gasteiger partial charge in [0.2, 0.25) is 15.9 Å². The molecule has 0 unspecified atom stereocenters. The van der Waals surface area contributed by atoms with Crippen LogP contribution in [-0.2, 0) is 20.6 Å². The molecule has 0 bridgehead atoms.